The second kappa shape index (κ2) is 8.56. The molecule has 0 bridgehead atoms. The quantitative estimate of drug-likeness (QED) is 0.567. The van der Waals surface area contributed by atoms with Gasteiger partial charge in [-0.1, -0.05) is 35.9 Å². The lowest BCUT2D eigenvalue weighted by molar-refractivity contribution is -0.130. The zero-order valence-electron chi connectivity index (χ0n) is 15.1. The second-order valence-corrected chi connectivity index (χ2v) is 6.97. The largest absolute Gasteiger partial charge is 0.497 e. The molecule has 27 heavy (non-hydrogen) atoms. The molecule has 0 fully saturated rings. The van der Waals surface area contributed by atoms with E-state index in [2.05, 4.69) is 6.07 Å². The molecular weight excluding hydrogens is 360 g/mol. The van der Waals surface area contributed by atoms with Crippen LogP contribution in [0.3, 0.4) is 0 Å². The molecule has 3 aromatic rings. The van der Waals surface area contributed by atoms with E-state index < -0.39 is 5.97 Å². The lowest BCUT2D eigenvalue weighted by Crippen LogP contribution is -2.00. The highest BCUT2D eigenvalue weighted by molar-refractivity contribution is 7.11. The van der Waals surface area contributed by atoms with Gasteiger partial charge in [-0.05, 0) is 42.1 Å². The van der Waals surface area contributed by atoms with E-state index in [0.29, 0.717) is 28.5 Å². The maximum Gasteiger partial charge on any atom is 0.337 e. The van der Waals surface area contributed by atoms with Crippen LogP contribution < -0.4 is 9.47 Å². The van der Waals surface area contributed by atoms with Crippen LogP contribution in [0.5, 0.6) is 11.5 Å². The average molecular weight is 380 g/mol. The Hall–Kier alpha value is -3.05. The van der Waals surface area contributed by atoms with Crippen molar-refractivity contribution in [2.45, 2.75) is 13.5 Å². The lowest BCUT2D eigenvalue weighted by atomic mass is 10.1. The second-order valence-electron chi connectivity index (χ2n) is 6.02. The van der Waals surface area contributed by atoms with Crippen LogP contribution in [0.25, 0.3) is 11.6 Å². The molecule has 138 valence electrons. The Morgan fingerprint density at radius 1 is 1.15 bits per heavy atom. The first-order chi connectivity index (χ1) is 13.1. The number of hydrogen-bond donors (Lipinski definition) is 1. The monoisotopic (exact) mass is 380 g/mol. The van der Waals surface area contributed by atoms with E-state index in [9.17, 15) is 9.90 Å². The number of rotatable bonds is 7. The number of carboxylic acids is 1. The van der Waals surface area contributed by atoms with Gasteiger partial charge < -0.3 is 14.6 Å². The first-order valence-electron chi connectivity index (χ1n) is 8.42. The van der Waals surface area contributed by atoms with Gasteiger partial charge in [-0.2, -0.15) is 0 Å². The van der Waals surface area contributed by atoms with Crippen LogP contribution in [0, 0.1) is 6.92 Å². The summed E-state index contributed by atoms with van der Waals surface area (Å²) in [7, 11) is 1.59. The molecule has 0 amide bonds. The number of aryl methyl sites for hydroxylation is 1. The van der Waals surface area contributed by atoms with E-state index in [4.69, 9.17) is 9.47 Å². The predicted molar refractivity (Wildman–Crippen MR) is 108 cm³/mol. The summed E-state index contributed by atoms with van der Waals surface area (Å²) in [5.74, 6) is 0.253. The first kappa shape index (κ1) is 18.7. The van der Waals surface area contributed by atoms with Gasteiger partial charge in [-0.25, -0.2) is 4.79 Å². The summed E-state index contributed by atoms with van der Waals surface area (Å²) in [4.78, 5) is 12.4. The molecule has 1 aromatic heterocycles. The van der Waals surface area contributed by atoms with Crippen molar-refractivity contribution in [2.75, 3.05) is 7.11 Å². The molecule has 0 saturated carbocycles. The van der Waals surface area contributed by atoms with Crippen molar-refractivity contribution in [3.63, 3.8) is 0 Å². The topological polar surface area (TPSA) is 55.8 Å². The summed E-state index contributed by atoms with van der Waals surface area (Å²) in [5, 5.41) is 11.5. The van der Waals surface area contributed by atoms with Gasteiger partial charge in [0.15, 0.2) is 0 Å². The van der Waals surface area contributed by atoms with Crippen LogP contribution in [0.15, 0.2) is 60.0 Å². The predicted octanol–water partition coefficient (Wildman–Crippen LogP) is 5.27. The minimum absolute atomic E-state index is 0.232. The third-order valence-corrected chi connectivity index (χ3v) is 4.92. The highest BCUT2D eigenvalue weighted by Gasteiger charge is 2.14. The fraction of sp³-hybridized carbons (Fsp3) is 0.136. The normalized spacial score (nSPS) is 11.3. The molecule has 0 aliphatic rings. The zero-order valence-corrected chi connectivity index (χ0v) is 16.0. The number of ether oxygens (including phenoxy) is 2. The Labute approximate surface area is 162 Å². The first-order valence-corrected chi connectivity index (χ1v) is 9.30. The van der Waals surface area contributed by atoms with Crippen LogP contribution in [0.4, 0.5) is 0 Å². The number of methoxy groups -OCH3 is 1. The molecule has 1 N–H and O–H groups in total. The van der Waals surface area contributed by atoms with E-state index >= 15 is 0 Å². The summed E-state index contributed by atoms with van der Waals surface area (Å²) in [6, 6.07) is 17.1. The third-order valence-electron chi connectivity index (χ3n) is 4.01. The van der Waals surface area contributed by atoms with Gasteiger partial charge in [-0.3, -0.25) is 0 Å². The standard InChI is InChI=1S/C22H20O4S/c1-15-5-3-6-16(11-15)14-26-20-13-18(25-2)9-8-17(20)12-19(22(23)24)21-7-4-10-27-21/h3-13H,14H2,1-2H3,(H,23,24)/b19-12-. The Bertz CT molecular complexity index is 958. The molecule has 4 nitrogen and oxygen atoms in total. The Balaban J connectivity index is 1.95. The van der Waals surface area contributed by atoms with E-state index in [1.165, 1.54) is 11.3 Å². The maximum atomic E-state index is 11.7. The van der Waals surface area contributed by atoms with Gasteiger partial charge in [0.2, 0.25) is 0 Å². The van der Waals surface area contributed by atoms with Gasteiger partial charge in [0.25, 0.3) is 0 Å². The molecule has 0 unspecified atom stereocenters. The van der Waals surface area contributed by atoms with Gasteiger partial charge in [0.05, 0.1) is 12.7 Å². The molecule has 1 heterocycles. The lowest BCUT2D eigenvalue weighted by Gasteiger charge is -2.12. The van der Waals surface area contributed by atoms with Crippen LogP contribution in [-0.4, -0.2) is 18.2 Å². The molecule has 2 aromatic carbocycles. The Morgan fingerprint density at radius 3 is 2.67 bits per heavy atom. The van der Waals surface area contributed by atoms with Crippen molar-refractivity contribution in [1.82, 2.24) is 0 Å². The molecule has 0 aliphatic carbocycles. The van der Waals surface area contributed by atoms with Crippen LogP contribution in [-0.2, 0) is 11.4 Å². The third kappa shape index (κ3) is 4.77. The van der Waals surface area contributed by atoms with Crippen molar-refractivity contribution in [1.29, 1.82) is 0 Å². The summed E-state index contributed by atoms with van der Waals surface area (Å²) in [6.45, 7) is 2.42. The number of aliphatic carboxylic acids is 1. The fourth-order valence-electron chi connectivity index (χ4n) is 2.67. The number of thiophene rings is 1. The van der Waals surface area contributed by atoms with E-state index in [1.807, 2.05) is 36.6 Å². The highest BCUT2D eigenvalue weighted by atomic mass is 32.1. The van der Waals surface area contributed by atoms with Gasteiger partial charge in [0.1, 0.15) is 18.1 Å². The van der Waals surface area contributed by atoms with E-state index in [1.54, 1.807) is 37.5 Å². The summed E-state index contributed by atoms with van der Waals surface area (Å²) in [6.07, 6.45) is 1.64. The molecule has 0 aliphatic heterocycles. The molecule has 3 rings (SSSR count). The molecule has 0 atom stereocenters. The molecule has 0 saturated heterocycles. The zero-order chi connectivity index (χ0) is 19.2. The Morgan fingerprint density at radius 2 is 2.00 bits per heavy atom. The smallest absolute Gasteiger partial charge is 0.337 e. The average Bonchev–Trinajstić information content (AvgIpc) is 3.19. The molecular formula is C22H20O4S. The van der Waals surface area contributed by atoms with Crippen molar-refractivity contribution < 1.29 is 19.4 Å². The maximum absolute atomic E-state index is 11.7. The van der Waals surface area contributed by atoms with Crippen LogP contribution in [0.2, 0.25) is 0 Å². The van der Waals surface area contributed by atoms with E-state index in [0.717, 1.165) is 11.1 Å². The summed E-state index contributed by atoms with van der Waals surface area (Å²) in [5.41, 5.74) is 3.13. The Kier molecular flexibility index (Phi) is 5.94. The molecule has 0 spiro atoms. The SMILES string of the molecule is COc1ccc(/C=C(\C(=O)O)c2cccs2)c(OCc2cccc(C)c2)c1. The number of carbonyl (C=O) groups is 1. The van der Waals surface area contributed by atoms with Crippen molar-refractivity contribution in [2.24, 2.45) is 0 Å². The van der Waals surface area contributed by atoms with Gasteiger partial charge in [0, 0.05) is 16.5 Å². The minimum Gasteiger partial charge on any atom is -0.497 e. The van der Waals surface area contributed by atoms with Gasteiger partial charge >= 0.3 is 5.97 Å². The van der Waals surface area contributed by atoms with Crippen molar-refractivity contribution in [3.05, 3.63) is 81.5 Å². The van der Waals surface area contributed by atoms with Crippen molar-refractivity contribution >= 4 is 29.0 Å². The summed E-state index contributed by atoms with van der Waals surface area (Å²) >= 11 is 1.39. The van der Waals surface area contributed by atoms with Crippen LogP contribution >= 0.6 is 11.3 Å². The number of hydrogen-bond acceptors (Lipinski definition) is 4. The van der Waals surface area contributed by atoms with Crippen LogP contribution in [0.1, 0.15) is 21.6 Å². The summed E-state index contributed by atoms with van der Waals surface area (Å²) < 4.78 is 11.3. The highest BCUT2D eigenvalue weighted by Crippen LogP contribution is 2.31. The van der Waals surface area contributed by atoms with E-state index in [-0.39, 0.29) is 5.57 Å². The minimum atomic E-state index is -0.974. The van der Waals surface area contributed by atoms with Gasteiger partial charge in [-0.15, -0.1) is 11.3 Å². The number of carboxylic acid groups (broad SMARTS) is 1. The van der Waals surface area contributed by atoms with Crippen molar-refractivity contribution in [3.8, 4) is 11.5 Å². The molecule has 0 radical (unpaired) electrons. The number of benzene rings is 2. The molecule has 5 heteroatoms. The fourth-order valence-corrected chi connectivity index (χ4v) is 3.41.